The van der Waals surface area contributed by atoms with E-state index >= 15 is 0 Å². The summed E-state index contributed by atoms with van der Waals surface area (Å²) in [6.45, 7) is 4.30. The predicted molar refractivity (Wildman–Crippen MR) is 86.6 cm³/mol. The van der Waals surface area contributed by atoms with Crippen LogP contribution >= 0.6 is 0 Å². The maximum atomic E-state index is 11.2. The lowest BCUT2D eigenvalue weighted by atomic mass is 10.00. The summed E-state index contributed by atoms with van der Waals surface area (Å²) in [6.07, 6.45) is 9.20. The zero-order chi connectivity index (χ0) is 16.1. The van der Waals surface area contributed by atoms with Crippen molar-refractivity contribution < 1.29 is 9.59 Å². The van der Waals surface area contributed by atoms with Crippen molar-refractivity contribution in [3.8, 4) is 0 Å². The van der Waals surface area contributed by atoms with Gasteiger partial charge in [0.25, 0.3) is 0 Å². The van der Waals surface area contributed by atoms with Crippen molar-refractivity contribution >= 4 is 11.8 Å². The second-order valence-corrected chi connectivity index (χ2v) is 5.89. The summed E-state index contributed by atoms with van der Waals surface area (Å²) in [4.78, 5) is 22.4. The fraction of sp³-hybridized carbons (Fsp3) is 0.875. The van der Waals surface area contributed by atoms with E-state index < -0.39 is 0 Å². The monoisotopic (exact) mass is 299 g/mol. The van der Waals surface area contributed by atoms with Gasteiger partial charge in [-0.05, 0) is 12.8 Å². The topological polar surface area (TPSA) is 98.2 Å². The quantitative estimate of drug-likeness (QED) is 0.429. The molecule has 0 aliphatic heterocycles. The van der Waals surface area contributed by atoms with Crippen molar-refractivity contribution in [1.29, 1.82) is 0 Å². The van der Waals surface area contributed by atoms with Gasteiger partial charge >= 0.3 is 0 Å². The summed E-state index contributed by atoms with van der Waals surface area (Å²) in [7, 11) is 0. The van der Waals surface area contributed by atoms with E-state index in [9.17, 15) is 9.59 Å². The van der Waals surface area contributed by atoms with Crippen LogP contribution in [0.4, 0.5) is 0 Å². The molecule has 5 heteroatoms. The average Bonchev–Trinajstić information content (AvgIpc) is 2.37. The second kappa shape index (κ2) is 12.6. The fourth-order valence-corrected chi connectivity index (χ4v) is 2.59. The fourth-order valence-electron chi connectivity index (χ4n) is 2.59. The van der Waals surface area contributed by atoms with E-state index in [2.05, 4.69) is 19.2 Å². The van der Waals surface area contributed by atoms with E-state index in [0.717, 1.165) is 51.4 Å². The van der Waals surface area contributed by atoms with Crippen LogP contribution in [0.25, 0.3) is 0 Å². The maximum Gasteiger partial charge on any atom is 0.218 e. The number of primary amides is 2. The van der Waals surface area contributed by atoms with Crippen molar-refractivity contribution in [2.45, 2.75) is 90.1 Å². The van der Waals surface area contributed by atoms with E-state index in [4.69, 9.17) is 11.5 Å². The number of unbranched alkanes of at least 4 members (excludes halogenated alkanes) is 4. The summed E-state index contributed by atoms with van der Waals surface area (Å²) in [6, 6.07) is 0.111. The number of hydrogen-bond donors (Lipinski definition) is 3. The predicted octanol–water partition coefficient (Wildman–Crippen LogP) is 2.22. The molecule has 0 aliphatic rings. The molecule has 0 saturated carbocycles. The lowest BCUT2D eigenvalue weighted by Crippen LogP contribution is -2.42. The summed E-state index contributed by atoms with van der Waals surface area (Å²) in [5, 5.41) is 3.43. The molecule has 0 bridgehead atoms. The lowest BCUT2D eigenvalue weighted by molar-refractivity contribution is -0.118. The molecule has 0 radical (unpaired) electrons. The Hall–Kier alpha value is -1.10. The van der Waals surface area contributed by atoms with Gasteiger partial charge in [-0.2, -0.15) is 0 Å². The molecule has 0 spiro atoms. The largest absolute Gasteiger partial charge is 0.370 e. The van der Waals surface area contributed by atoms with Gasteiger partial charge in [0.2, 0.25) is 11.8 Å². The van der Waals surface area contributed by atoms with Crippen LogP contribution in [0.1, 0.15) is 78.1 Å². The van der Waals surface area contributed by atoms with Crippen molar-refractivity contribution in [2.24, 2.45) is 11.5 Å². The van der Waals surface area contributed by atoms with Gasteiger partial charge in [-0.1, -0.05) is 52.4 Å². The molecule has 5 nitrogen and oxygen atoms in total. The van der Waals surface area contributed by atoms with Gasteiger partial charge in [0.05, 0.1) is 0 Å². The Morgan fingerprint density at radius 1 is 0.810 bits per heavy atom. The second-order valence-electron chi connectivity index (χ2n) is 5.89. The SMILES string of the molecule is CCCCCC(CC(N)=O)NC(CCCCC)CC(N)=O. The van der Waals surface area contributed by atoms with E-state index in [1.165, 1.54) is 0 Å². The zero-order valence-electron chi connectivity index (χ0n) is 13.7. The van der Waals surface area contributed by atoms with Gasteiger partial charge in [-0.25, -0.2) is 0 Å². The molecule has 0 aromatic rings. The third-order valence-electron chi connectivity index (χ3n) is 3.68. The maximum absolute atomic E-state index is 11.2. The van der Waals surface area contributed by atoms with Crippen LogP contribution in [-0.4, -0.2) is 23.9 Å². The number of rotatable bonds is 14. The van der Waals surface area contributed by atoms with Crippen LogP contribution < -0.4 is 16.8 Å². The van der Waals surface area contributed by atoms with Crippen LogP contribution in [0.2, 0.25) is 0 Å². The number of nitrogens with two attached hydrogens (primary N) is 2. The first kappa shape index (κ1) is 19.9. The normalized spacial score (nSPS) is 13.8. The molecule has 21 heavy (non-hydrogen) atoms. The summed E-state index contributed by atoms with van der Waals surface area (Å²) in [5.41, 5.74) is 10.7. The highest BCUT2D eigenvalue weighted by Crippen LogP contribution is 2.12. The molecule has 5 N–H and O–H groups in total. The summed E-state index contributed by atoms with van der Waals surface area (Å²) in [5.74, 6) is -0.592. The zero-order valence-corrected chi connectivity index (χ0v) is 13.7. The van der Waals surface area contributed by atoms with E-state index in [0.29, 0.717) is 12.8 Å². The van der Waals surface area contributed by atoms with Crippen molar-refractivity contribution in [3.63, 3.8) is 0 Å². The summed E-state index contributed by atoms with van der Waals surface area (Å²) >= 11 is 0. The third kappa shape index (κ3) is 12.4. The molecule has 0 saturated heterocycles. The Morgan fingerprint density at radius 3 is 1.48 bits per heavy atom. The molecule has 0 aliphatic carbocycles. The number of nitrogens with one attached hydrogen (secondary N) is 1. The molecule has 0 heterocycles. The first-order chi connectivity index (χ1) is 9.99. The van der Waals surface area contributed by atoms with Crippen LogP contribution in [-0.2, 0) is 9.59 Å². The number of carbonyl (C=O) groups excluding carboxylic acids is 2. The van der Waals surface area contributed by atoms with Crippen molar-refractivity contribution in [2.75, 3.05) is 0 Å². The van der Waals surface area contributed by atoms with Crippen LogP contribution in [0, 0.1) is 0 Å². The molecular formula is C16H33N3O2. The van der Waals surface area contributed by atoms with Gasteiger partial charge in [-0.3, -0.25) is 9.59 Å². The molecule has 2 unspecified atom stereocenters. The van der Waals surface area contributed by atoms with Crippen molar-refractivity contribution in [1.82, 2.24) is 5.32 Å². The molecule has 0 fully saturated rings. The first-order valence-electron chi connectivity index (χ1n) is 8.32. The number of hydrogen-bond acceptors (Lipinski definition) is 3. The minimum absolute atomic E-state index is 0.0556. The Kier molecular flexibility index (Phi) is 12.0. The van der Waals surface area contributed by atoms with Gasteiger partial charge in [0.1, 0.15) is 0 Å². The van der Waals surface area contributed by atoms with Crippen LogP contribution in [0.3, 0.4) is 0 Å². The van der Waals surface area contributed by atoms with Crippen LogP contribution in [0.5, 0.6) is 0 Å². The first-order valence-corrected chi connectivity index (χ1v) is 8.32. The number of carbonyl (C=O) groups is 2. The minimum Gasteiger partial charge on any atom is -0.370 e. The molecular weight excluding hydrogens is 266 g/mol. The van der Waals surface area contributed by atoms with Crippen LogP contribution in [0.15, 0.2) is 0 Å². The standard InChI is InChI=1S/C16H33N3O2/c1-3-5-7-9-13(11-15(17)20)19-14(12-16(18)21)10-8-6-4-2/h13-14,19H,3-12H2,1-2H3,(H2,17,20)(H2,18,21). The minimum atomic E-state index is -0.296. The highest BCUT2D eigenvalue weighted by atomic mass is 16.1. The van der Waals surface area contributed by atoms with Gasteiger partial charge in [0, 0.05) is 24.9 Å². The van der Waals surface area contributed by atoms with Gasteiger partial charge < -0.3 is 16.8 Å². The van der Waals surface area contributed by atoms with Gasteiger partial charge in [0.15, 0.2) is 0 Å². The van der Waals surface area contributed by atoms with E-state index in [1.807, 2.05) is 0 Å². The molecule has 0 aromatic carbocycles. The summed E-state index contributed by atoms with van der Waals surface area (Å²) < 4.78 is 0. The molecule has 2 atom stereocenters. The third-order valence-corrected chi connectivity index (χ3v) is 3.68. The molecule has 0 aromatic heterocycles. The Balaban J connectivity index is 4.43. The lowest BCUT2D eigenvalue weighted by Gasteiger charge is -2.24. The molecule has 2 amide bonds. The van der Waals surface area contributed by atoms with E-state index in [1.54, 1.807) is 0 Å². The Bertz CT molecular complexity index is 267. The average molecular weight is 299 g/mol. The molecule has 124 valence electrons. The Labute approximate surface area is 129 Å². The Morgan fingerprint density at radius 2 is 1.19 bits per heavy atom. The molecule has 0 rings (SSSR count). The smallest absolute Gasteiger partial charge is 0.218 e. The highest BCUT2D eigenvalue weighted by Gasteiger charge is 2.18. The number of amides is 2. The van der Waals surface area contributed by atoms with E-state index in [-0.39, 0.29) is 23.9 Å². The van der Waals surface area contributed by atoms with Gasteiger partial charge in [-0.15, -0.1) is 0 Å². The highest BCUT2D eigenvalue weighted by molar-refractivity contribution is 5.75. The van der Waals surface area contributed by atoms with Crippen molar-refractivity contribution in [3.05, 3.63) is 0 Å².